The smallest absolute Gasteiger partial charge is 0.251 e. The fourth-order valence-electron chi connectivity index (χ4n) is 4.54. The Labute approximate surface area is 160 Å². The molecule has 1 saturated heterocycles. The van der Waals surface area contributed by atoms with Gasteiger partial charge in [0.25, 0.3) is 5.91 Å². The molecule has 2 aliphatic rings. The topological polar surface area (TPSA) is 73.9 Å². The van der Waals surface area contributed by atoms with Gasteiger partial charge in [-0.1, -0.05) is 37.5 Å². The summed E-state index contributed by atoms with van der Waals surface area (Å²) in [7, 11) is 0. The molecular weight excluding hydrogens is 338 g/mol. The number of aromatic amines is 1. The molecule has 2 aromatic rings. The van der Waals surface area contributed by atoms with Crippen LogP contribution in [0.1, 0.15) is 60.0 Å². The molecule has 6 heteroatoms. The molecule has 144 valence electrons. The largest absolute Gasteiger partial charge is 0.347 e. The third-order valence-corrected chi connectivity index (χ3v) is 5.94. The van der Waals surface area contributed by atoms with Crippen LogP contribution < -0.4 is 5.32 Å². The van der Waals surface area contributed by atoms with Crippen molar-refractivity contribution in [3.8, 4) is 0 Å². The molecule has 2 N–H and O–H groups in total. The number of nitrogens with zero attached hydrogens (tertiary/aromatic N) is 3. The maximum Gasteiger partial charge on any atom is 0.251 e. The maximum atomic E-state index is 12.7. The number of aromatic nitrogens is 3. The third-order valence-electron chi connectivity index (χ3n) is 5.94. The van der Waals surface area contributed by atoms with Crippen molar-refractivity contribution in [3.63, 3.8) is 0 Å². The van der Waals surface area contributed by atoms with Crippen LogP contribution in [0.5, 0.6) is 0 Å². The summed E-state index contributed by atoms with van der Waals surface area (Å²) >= 11 is 0. The molecular formula is C21H29N5O. The van der Waals surface area contributed by atoms with Gasteiger partial charge in [-0.05, 0) is 37.8 Å². The Hall–Kier alpha value is -2.21. The van der Waals surface area contributed by atoms with Crippen LogP contribution >= 0.6 is 0 Å². The molecule has 2 heterocycles. The number of carbonyl (C=O) groups is 1. The molecule has 1 aliphatic heterocycles. The highest BCUT2D eigenvalue weighted by Crippen LogP contribution is 2.30. The summed E-state index contributed by atoms with van der Waals surface area (Å²) in [6, 6.07) is 9.48. The zero-order valence-electron chi connectivity index (χ0n) is 16.0. The Morgan fingerprint density at radius 3 is 2.67 bits per heavy atom. The second kappa shape index (κ2) is 8.21. The van der Waals surface area contributed by atoms with Gasteiger partial charge >= 0.3 is 0 Å². The molecule has 27 heavy (non-hydrogen) atoms. The van der Waals surface area contributed by atoms with Crippen LogP contribution in [0.25, 0.3) is 0 Å². The van der Waals surface area contributed by atoms with Crippen LogP contribution in [0.2, 0.25) is 0 Å². The molecule has 6 nitrogen and oxygen atoms in total. The average Bonchev–Trinajstić information content (AvgIpc) is 3.29. The lowest BCUT2D eigenvalue weighted by Gasteiger charge is -2.26. The van der Waals surface area contributed by atoms with E-state index in [0.29, 0.717) is 5.56 Å². The first-order chi connectivity index (χ1) is 13.2. The molecule has 1 aliphatic carbocycles. The Bertz CT molecular complexity index is 753. The quantitative estimate of drug-likeness (QED) is 0.852. The van der Waals surface area contributed by atoms with Crippen molar-refractivity contribution in [3.05, 3.63) is 47.5 Å². The van der Waals surface area contributed by atoms with Gasteiger partial charge < -0.3 is 10.2 Å². The van der Waals surface area contributed by atoms with Gasteiger partial charge in [0.2, 0.25) is 0 Å². The highest BCUT2D eigenvalue weighted by atomic mass is 16.1. The highest BCUT2D eigenvalue weighted by molar-refractivity contribution is 5.94. The van der Waals surface area contributed by atoms with Gasteiger partial charge in [0, 0.05) is 25.2 Å². The number of rotatable bonds is 5. The monoisotopic (exact) mass is 367 g/mol. The highest BCUT2D eigenvalue weighted by Gasteiger charge is 2.38. The van der Waals surface area contributed by atoms with Crippen LogP contribution in [0.15, 0.2) is 30.3 Å². The van der Waals surface area contributed by atoms with E-state index in [1.54, 1.807) is 0 Å². The molecule has 1 aromatic carbocycles. The maximum absolute atomic E-state index is 12.7. The van der Waals surface area contributed by atoms with Crippen LogP contribution in [-0.2, 0) is 0 Å². The molecule has 0 spiro atoms. The van der Waals surface area contributed by atoms with Crippen LogP contribution in [0, 0.1) is 12.8 Å². The van der Waals surface area contributed by atoms with E-state index in [9.17, 15) is 4.79 Å². The second-order valence-corrected chi connectivity index (χ2v) is 8.05. The average molecular weight is 367 g/mol. The van der Waals surface area contributed by atoms with Crippen LogP contribution in [-0.4, -0.2) is 51.7 Å². The van der Waals surface area contributed by atoms with Gasteiger partial charge in [-0.25, -0.2) is 4.98 Å². The van der Waals surface area contributed by atoms with E-state index in [2.05, 4.69) is 25.4 Å². The Morgan fingerprint density at radius 2 is 1.96 bits per heavy atom. The van der Waals surface area contributed by atoms with E-state index in [4.69, 9.17) is 0 Å². The van der Waals surface area contributed by atoms with Gasteiger partial charge in [0.05, 0.1) is 12.0 Å². The van der Waals surface area contributed by atoms with Gasteiger partial charge in [-0.3, -0.25) is 9.89 Å². The molecule has 2 atom stereocenters. The van der Waals surface area contributed by atoms with Crippen molar-refractivity contribution < 1.29 is 4.79 Å². The number of benzene rings is 1. The Balaban J connectivity index is 1.46. The number of nitrogens with one attached hydrogen (secondary N) is 2. The summed E-state index contributed by atoms with van der Waals surface area (Å²) in [5, 5.41) is 10.6. The molecule has 4 rings (SSSR count). The summed E-state index contributed by atoms with van der Waals surface area (Å²) in [5.74, 6) is 2.54. The zero-order valence-corrected chi connectivity index (χ0v) is 16.0. The van der Waals surface area contributed by atoms with E-state index in [1.165, 1.54) is 32.1 Å². The van der Waals surface area contributed by atoms with E-state index in [-0.39, 0.29) is 17.9 Å². The third kappa shape index (κ3) is 4.38. The van der Waals surface area contributed by atoms with Crippen molar-refractivity contribution in [1.82, 2.24) is 25.4 Å². The fourth-order valence-corrected chi connectivity index (χ4v) is 4.54. The summed E-state index contributed by atoms with van der Waals surface area (Å²) in [6.07, 6.45) is 6.77. The molecule has 0 radical (unpaired) electrons. The lowest BCUT2D eigenvalue weighted by Crippen LogP contribution is -2.40. The first kappa shape index (κ1) is 18.2. The molecule has 2 fully saturated rings. The second-order valence-electron chi connectivity index (χ2n) is 8.05. The van der Waals surface area contributed by atoms with Gasteiger partial charge in [0.15, 0.2) is 5.82 Å². The minimum Gasteiger partial charge on any atom is -0.347 e. The van der Waals surface area contributed by atoms with Gasteiger partial charge in [0.1, 0.15) is 5.82 Å². The Morgan fingerprint density at radius 1 is 1.19 bits per heavy atom. The normalized spacial score (nSPS) is 24.2. The number of amides is 1. The number of H-pyrrole nitrogens is 1. The molecule has 1 aromatic heterocycles. The first-order valence-corrected chi connectivity index (χ1v) is 10.2. The van der Waals surface area contributed by atoms with Crippen LogP contribution in [0.4, 0.5) is 0 Å². The molecule has 0 unspecified atom stereocenters. The minimum absolute atomic E-state index is 0.0163. The number of likely N-dealkylation sites (tertiary alicyclic amines) is 1. The summed E-state index contributed by atoms with van der Waals surface area (Å²) in [5.41, 5.74) is 0.702. The molecule has 1 amide bonds. The minimum atomic E-state index is -0.0163. The van der Waals surface area contributed by atoms with E-state index >= 15 is 0 Å². The Kier molecular flexibility index (Phi) is 5.53. The summed E-state index contributed by atoms with van der Waals surface area (Å²) in [6.45, 7) is 4.82. The van der Waals surface area contributed by atoms with Crippen molar-refractivity contribution >= 4 is 5.91 Å². The van der Waals surface area contributed by atoms with Gasteiger partial charge in [-0.15, -0.1) is 0 Å². The lowest BCUT2D eigenvalue weighted by atomic mass is 9.89. The number of aryl methyl sites for hydroxylation is 1. The predicted octanol–water partition coefficient (Wildman–Crippen LogP) is 2.89. The summed E-state index contributed by atoms with van der Waals surface area (Å²) in [4.78, 5) is 19.8. The van der Waals surface area contributed by atoms with E-state index in [1.807, 2.05) is 37.3 Å². The van der Waals surface area contributed by atoms with E-state index in [0.717, 1.165) is 37.2 Å². The molecule has 1 saturated carbocycles. The summed E-state index contributed by atoms with van der Waals surface area (Å²) < 4.78 is 0. The van der Waals surface area contributed by atoms with Crippen molar-refractivity contribution in [2.45, 2.75) is 51.0 Å². The number of hydrogen-bond acceptors (Lipinski definition) is 4. The zero-order chi connectivity index (χ0) is 18.6. The van der Waals surface area contributed by atoms with Crippen molar-refractivity contribution in [2.75, 3.05) is 19.6 Å². The fraction of sp³-hybridized carbons (Fsp3) is 0.571. The predicted molar refractivity (Wildman–Crippen MR) is 105 cm³/mol. The van der Waals surface area contributed by atoms with Crippen LogP contribution in [0.3, 0.4) is 0 Å². The number of carbonyl (C=O) groups excluding carboxylic acids is 1. The number of hydrogen-bond donors (Lipinski definition) is 2. The van der Waals surface area contributed by atoms with Crippen molar-refractivity contribution in [1.29, 1.82) is 0 Å². The lowest BCUT2D eigenvalue weighted by molar-refractivity contribution is 0.0934. The van der Waals surface area contributed by atoms with E-state index < -0.39 is 0 Å². The first-order valence-electron chi connectivity index (χ1n) is 10.2. The standard InChI is InChI=1S/C21H29N5O/c1-15-22-20(25-24-15)18-13-26(12-16-8-4-2-5-9-16)14-19(18)23-21(27)17-10-6-3-7-11-17/h3,6-7,10-11,16,18-19H,2,4-5,8-9,12-14H2,1H3,(H,23,27)(H,22,24,25)/t18-,19-/m1/s1. The van der Waals surface area contributed by atoms with Gasteiger partial charge in [-0.2, -0.15) is 5.10 Å². The SMILES string of the molecule is Cc1nc([C@@H]2CN(CC3CCCCC3)C[C@H]2NC(=O)c2ccccc2)n[nH]1. The molecule has 0 bridgehead atoms. The van der Waals surface area contributed by atoms with Crippen molar-refractivity contribution in [2.24, 2.45) is 5.92 Å².